The summed E-state index contributed by atoms with van der Waals surface area (Å²) in [5.74, 6) is 0. The molecule has 0 aromatic rings. The average molecular weight is 223 g/mol. The van der Waals surface area contributed by atoms with E-state index >= 15 is 0 Å². The van der Waals surface area contributed by atoms with Gasteiger partial charge in [0, 0.05) is 11.6 Å². The normalized spacial score (nSPS) is 15.5. The van der Waals surface area contributed by atoms with Crippen molar-refractivity contribution in [2.24, 2.45) is 5.73 Å². The van der Waals surface area contributed by atoms with Crippen LogP contribution < -0.4 is 15.2 Å². The minimum absolute atomic E-state index is 0.139. The van der Waals surface area contributed by atoms with Crippen molar-refractivity contribution in [2.45, 2.75) is 45.7 Å². The van der Waals surface area contributed by atoms with Crippen LogP contribution in [0.3, 0.4) is 0 Å². The molecule has 5 nitrogen and oxygen atoms in total. The fourth-order valence-corrected chi connectivity index (χ4v) is 2.52. The Morgan fingerprint density at radius 2 is 1.86 bits per heavy atom. The summed E-state index contributed by atoms with van der Waals surface area (Å²) in [6, 6.07) is -0.139. The Kier molecular flexibility index (Phi) is 5.00. The van der Waals surface area contributed by atoms with Gasteiger partial charge in [0.05, 0.1) is 0 Å². The van der Waals surface area contributed by atoms with Crippen LogP contribution in [-0.4, -0.2) is 26.5 Å². The maximum atomic E-state index is 11.5. The van der Waals surface area contributed by atoms with Gasteiger partial charge in [-0.25, -0.2) is 0 Å². The fourth-order valence-electron chi connectivity index (χ4n) is 1.01. The van der Waals surface area contributed by atoms with Crippen molar-refractivity contribution in [3.63, 3.8) is 0 Å². The quantitative estimate of drug-likeness (QED) is 0.611. The minimum Gasteiger partial charge on any atom is -0.330 e. The molecule has 0 aromatic carbocycles. The Hall–Kier alpha value is -0.170. The molecule has 1 atom stereocenters. The third-order valence-electron chi connectivity index (χ3n) is 1.40. The van der Waals surface area contributed by atoms with Crippen molar-refractivity contribution in [2.75, 3.05) is 6.54 Å². The van der Waals surface area contributed by atoms with Crippen LogP contribution >= 0.6 is 0 Å². The van der Waals surface area contributed by atoms with Gasteiger partial charge in [-0.3, -0.25) is 0 Å². The van der Waals surface area contributed by atoms with Gasteiger partial charge in [-0.15, -0.1) is 0 Å². The maximum absolute atomic E-state index is 11.5. The molecule has 0 bridgehead atoms. The first-order chi connectivity index (χ1) is 6.16. The van der Waals surface area contributed by atoms with Gasteiger partial charge in [0.25, 0.3) is 10.2 Å². The summed E-state index contributed by atoms with van der Waals surface area (Å²) < 4.78 is 27.9. The molecular weight excluding hydrogens is 202 g/mol. The van der Waals surface area contributed by atoms with Crippen molar-refractivity contribution >= 4 is 10.2 Å². The van der Waals surface area contributed by atoms with Crippen molar-refractivity contribution in [3.8, 4) is 0 Å². The van der Waals surface area contributed by atoms with Crippen molar-refractivity contribution < 1.29 is 8.42 Å². The molecule has 1 unspecified atom stereocenters. The lowest BCUT2D eigenvalue weighted by molar-refractivity contribution is 0.474. The van der Waals surface area contributed by atoms with E-state index in [0.717, 1.165) is 0 Å². The third-order valence-corrected chi connectivity index (χ3v) is 2.99. The van der Waals surface area contributed by atoms with E-state index in [2.05, 4.69) is 9.44 Å². The summed E-state index contributed by atoms with van der Waals surface area (Å²) >= 11 is 0. The Morgan fingerprint density at radius 1 is 1.36 bits per heavy atom. The predicted molar refractivity (Wildman–Crippen MR) is 58.1 cm³/mol. The molecule has 0 amide bonds. The van der Waals surface area contributed by atoms with Gasteiger partial charge in [0.2, 0.25) is 0 Å². The number of nitrogens with one attached hydrogen (secondary N) is 2. The van der Waals surface area contributed by atoms with E-state index in [-0.39, 0.29) is 6.04 Å². The van der Waals surface area contributed by atoms with Crippen LogP contribution in [0.1, 0.15) is 34.1 Å². The number of rotatable bonds is 5. The lowest BCUT2D eigenvalue weighted by Gasteiger charge is -2.22. The fraction of sp³-hybridized carbons (Fsp3) is 1.00. The Balaban J connectivity index is 4.22. The van der Waals surface area contributed by atoms with Gasteiger partial charge >= 0.3 is 0 Å². The lowest BCUT2D eigenvalue weighted by atomic mass is 10.1. The summed E-state index contributed by atoms with van der Waals surface area (Å²) in [6.45, 7) is 7.63. The van der Waals surface area contributed by atoms with Crippen LogP contribution in [0.4, 0.5) is 0 Å². The van der Waals surface area contributed by atoms with E-state index in [4.69, 9.17) is 5.73 Å². The van der Waals surface area contributed by atoms with Crippen molar-refractivity contribution in [3.05, 3.63) is 0 Å². The van der Waals surface area contributed by atoms with Crippen LogP contribution in [0.15, 0.2) is 0 Å². The molecule has 4 N–H and O–H groups in total. The minimum atomic E-state index is -3.42. The van der Waals surface area contributed by atoms with Gasteiger partial charge in [-0.2, -0.15) is 17.9 Å². The summed E-state index contributed by atoms with van der Waals surface area (Å²) in [5.41, 5.74) is 4.86. The Morgan fingerprint density at radius 3 is 2.21 bits per heavy atom. The Labute approximate surface area is 86.6 Å². The second-order valence-corrected chi connectivity index (χ2v) is 5.90. The van der Waals surface area contributed by atoms with Gasteiger partial charge in [0.15, 0.2) is 0 Å². The molecule has 0 spiro atoms. The Bertz CT molecular complexity index is 256. The molecule has 14 heavy (non-hydrogen) atoms. The molecule has 0 saturated heterocycles. The molecule has 0 aromatic heterocycles. The van der Waals surface area contributed by atoms with Crippen LogP contribution in [0.5, 0.6) is 0 Å². The highest BCUT2D eigenvalue weighted by Gasteiger charge is 2.20. The average Bonchev–Trinajstić information content (AvgIpc) is 1.78. The lowest BCUT2D eigenvalue weighted by Crippen LogP contribution is -2.49. The third kappa shape index (κ3) is 7.25. The van der Waals surface area contributed by atoms with E-state index < -0.39 is 15.7 Å². The zero-order valence-electron chi connectivity index (χ0n) is 9.29. The molecular formula is C8H21N3O2S. The molecule has 0 fully saturated rings. The van der Waals surface area contributed by atoms with Gasteiger partial charge in [-0.1, -0.05) is 0 Å². The predicted octanol–water partition coefficient (Wildman–Crippen LogP) is -0.0538. The topological polar surface area (TPSA) is 84.2 Å². The highest BCUT2D eigenvalue weighted by molar-refractivity contribution is 7.87. The van der Waals surface area contributed by atoms with Crippen LogP contribution in [0.2, 0.25) is 0 Å². The SMILES string of the molecule is CC(CCN)NS(=O)(=O)NC(C)(C)C. The molecule has 0 aliphatic heterocycles. The molecule has 86 valence electrons. The smallest absolute Gasteiger partial charge is 0.277 e. The van der Waals surface area contributed by atoms with Gasteiger partial charge < -0.3 is 5.73 Å². The standard InChI is InChI=1S/C8H21N3O2S/c1-7(5-6-9)10-14(12,13)11-8(2,3)4/h7,10-11H,5-6,9H2,1-4H3. The largest absolute Gasteiger partial charge is 0.330 e. The first-order valence-electron chi connectivity index (χ1n) is 4.67. The second-order valence-electron chi connectivity index (χ2n) is 4.45. The molecule has 0 rings (SSSR count). The molecule has 0 saturated carbocycles. The summed E-state index contributed by atoms with van der Waals surface area (Å²) in [6.07, 6.45) is 0.630. The van der Waals surface area contributed by atoms with Crippen molar-refractivity contribution in [1.82, 2.24) is 9.44 Å². The van der Waals surface area contributed by atoms with Crippen LogP contribution in [-0.2, 0) is 10.2 Å². The van der Waals surface area contributed by atoms with Gasteiger partial charge in [0.1, 0.15) is 0 Å². The van der Waals surface area contributed by atoms with Crippen LogP contribution in [0.25, 0.3) is 0 Å². The summed E-state index contributed by atoms with van der Waals surface area (Å²) in [7, 11) is -3.42. The first-order valence-corrected chi connectivity index (χ1v) is 6.16. The molecule has 0 heterocycles. The number of hydrogen-bond donors (Lipinski definition) is 3. The second kappa shape index (κ2) is 5.06. The molecule has 6 heteroatoms. The van der Waals surface area contributed by atoms with Gasteiger partial charge in [-0.05, 0) is 40.7 Å². The molecule has 0 radical (unpaired) electrons. The summed E-state index contributed by atoms with van der Waals surface area (Å²) in [5, 5.41) is 0. The van der Waals surface area contributed by atoms with E-state index in [1.165, 1.54) is 0 Å². The highest BCUT2D eigenvalue weighted by atomic mass is 32.2. The van der Waals surface area contributed by atoms with E-state index in [1.54, 1.807) is 27.7 Å². The number of nitrogens with two attached hydrogens (primary N) is 1. The molecule has 0 aliphatic carbocycles. The highest BCUT2D eigenvalue weighted by Crippen LogP contribution is 2.01. The maximum Gasteiger partial charge on any atom is 0.277 e. The molecule has 0 aliphatic rings. The summed E-state index contributed by atoms with van der Waals surface area (Å²) in [4.78, 5) is 0. The van der Waals surface area contributed by atoms with E-state index in [9.17, 15) is 8.42 Å². The van der Waals surface area contributed by atoms with Crippen LogP contribution in [0, 0.1) is 0 Å². The number of hydrogen-bond acceptors (Lipinski definition) is 3. The zero-order chi connectivity index (χ0) is 11.4. The first kappa shape index (κ1) is 13.8. The van der Waals surface area contributed by atoms with Crippen molar-refractivity contribution in [1.29, 1.82) is 0 Å². The zero-order valence-corrected chi connectivity index (χ0v) is 10.1. The van der Waals surface area contributed by atoms with E-state index in [1.807, 2.05) is 0 Å². The van der Waals surface area contributed by atoms with E-state index in [0.29, 0.717) is 13.0 Å². The monoisotopic (exact) mass is 223 g/mol.